The van der Waals surface area contributed by atoms with E-state index < -0.39 is 0 Å². The van der Waals surface area contributed by atoms with Crippen molar-refractivity contribution in [3.8, 4) is 11.1 Å². The molecule has 0 unspecified atom stereocenters. The second kappa shape index (κ2) is 8.73. The summed E-state index contributed by atoms with van der Waals surface area (Å²) in [6, 6.07) is 18.2. The van der Waals surface area contributed by atoms with Gasteiger partial charge in [-0.05, 0) is 53.1 Å². The molecule has 0 spiro atoms. The van der Waals surface area contributed by atoms with E-state index in [1.807, 2.05) is 64.0 Å². The van der Waals surface area contributed by atoms with Crippen LogP contribution in [0.4, 0.5) is 4.39 Å². The first-order valence-corrected chi connectivity index (χ1v) is 10.9. The number of halogens is 2. The monoisotopic (exact) mass is 448 g/mol. The number of piperazine rings is 1. The lowest BCUT2D eigenvalue weighted by molar-refractivity contribution is 0.0623. The topological polar surface area (TPSA) is 40.9 Å². The lowest BCUT2D eigenvalue weighted by atomic mass is 10.1. The molecule has 0 bridgehead atoms. The standard InChI is InChI=1S/C25H22ClFN4O/c26-21-6-3-19(4-7-21)20-5-10-24-28-23(17-31(24)16-20)25(32)30-13-11-29(12-14-30)15-18-1-8-22(27)9-2-18/h1-10,16-17H,11-15H2. The van der Waals surface area contributed by atoms with Gasteiger partial charge < -0.3 is 9.30 Å². The van der Waals surface area contributed by atoms with Crippen LogP contribution in [0.15, 0.2) is 73.1 Å². The van der Waals surface area contributed by atoms with E-state index in [2.05, 4.69) is 9.88 Å². The number of hydrogen-bond acceptors (Lipinski definition) is 3. The molecule has 1 fully saturated rings. The molecule has 5 nitrogen and oxygen atoms in total. The van der Waals surface area contributed by atoms with Crippen molar-refractivity contribution in [1.82, 2.24) is 19.2 Å². The first-order chi connectivity index (χ1) is 15.5. The number of carbonyl (C=O) groups excluding carboxylic acids is 1. The van der Waals surface area contributed by atoms with Crippen molar-refractivity contribution in [1.29, 1.82) is 0 Å². The predicted molar refractivity (Wildman–Crippen MR) is 123 cm³/mol. The van der Waals surface area contributed by atoms with Crippen LogP contribution < -0.4 is 0 Å². The first-order valence-electron chi connectivity index (χ1n) is 10.6. The van der Waals surface area contributed by atoms with Gasteiger partial charge in [-0.15, -0.1) is 0 Å². The number of hydrogen-bond donors (Lipinski definition) is 0. The maximum atomic E-state index is 13.1. The van der Waals surface area contributed by atoms with E-state index in [4.69, 9.17) is 11.6 Å². The summed E-state index contributed by atoms with van der Waals surface area (Å²) in [5.41, 5.74) is 4.34. The molecule has 0 aliphatic carbocycles. The molecule has 7 heteroatoms. The Morgan fingerprint density at radius 2 is 1.56 bits per heavy atom. The van der Waals surface area contributed by atoms with Crippen molar-refractivity contribution in [3.63, 3.8) is 0 Å². The minimum atomic E-state index is -0.225. The summed E-state index contributed by atoms with van der Waals surface area (Å²) in [5.74, 6) is -0.278. The van der Waals surface area contributed by atoms with Gasteiger partial charge in [0.1, 0.15) is 17.2 Å². The van der Waals surface area contributed by atoms with Crippen molar-refractivity contribution in [2.24, 2.45) is 0 Å². The van der Waals surface area contributed by atoms with E-state index in [0.717, 1.165) is 42.0 Å². The summed E-state index contributed by atoms with van der Waals surface area (Å²) >= 11 is 5.99. The average molecular weight is 449 g/mol. The van der Waals surface area contributed by atoms with Gasteiger partial charge in [-0.25, -0.2) is 9.37 Å². The molecule has 32 heavy (non-hydrogen) atoms. The van der Waals surface area contributed by atoms with Gasteiger partial charge in [0, 0.05) is 50.1 Å². The molecule has 1 saturated heterocycles. The van der Waals surface area contributed by atoms with Gasteiger partial charge in [-0.1, -0.05) is 35.9 Å². The van der Waals surface area contributed by atoms with Gasteiger partial charge in [-0.3, -0.25) is 9.69 Å². The summed E-state index contributed by atoms with van der Waals surface area (Å²) in [7, 11) is 0. The molecule has 1 amide bonds. The van der Waals surface area contributed by atoms with Crippen LogP contribution in [-0.2, 0) is 6.54 Å². The minimum Gasteiger partial charge on any atom is -0.335 e. The fourth-order valence-electron chi connectivity index (χ4n) is 4.03. The van der Waals surface area contributed by atoms with Crippen molar-refractivity contribution in [2.45, 2.75) is 6.54 Å². The summed E-state index contributed by atoms with van der Waals surface area (Å²) < 4.78 is 15.0. The molecule has 1 aliphatic heterocycles. The van der Waals surface area contributed by atoms with Crippen LogP contribution >= 0.6 is 11.6 Å². The summed E-state index contributed by atoms with van der Waals surface area (Å²) in [5, 5.41) is 0.697. The molecule has 0 atom stereocenters. The van der Waals surface area contributed by atoms with Gasteiger partial charge in [0.15, 0.2) is 0 Å². The Bertz CT molecular complexity index is 1250. The zero-order valence-electron chi connectivity index (χ0n) is 17.4. The Hall–Kier alpha value is -3.22. The fraction of sp³-hybridized carbons (Fsp3) is 0.200. The molecular weight excluding hydrogens is 427 g/mol. The lowest BCUT2D eigenvalue weighted by Gasteiger charge is -2.34. The number of nitrogens with zero attached hydrogens (tertiary/aromatic N) is 4. The van der Waals surface area contributed by atoms with Crippen LogP contribution in [0.5, 0.6) is 0 Å². The number of aromatic nitrogens is 2. The number of fused-ring (bicyclic) bond motifs is 1. The highest BCUT2D eigenvalue weighted by Crippen LogP contribution is 2.22. The van der Waals surface area contributed by atoms with Crippen LogP contribution in [0.2, 0.25) is 5.02 Å². The lowest BCUT2D eigenvalue weighted by Crippen LogP contribution is -2.48. The van der Waals surface area contributed by atoms with Gasteiger partial charge in [0.05, 0.1) is 0 Å². The number of imidazole rings is 1. The Balaban J connectivity index is 1.25. The number of carbonyl (C=O) groups is 1. The average Bonchev–Trinajstić information content (AvgIpc) is 3.25. The highest BCUT2D eigenvalue weighted by Gasteiger charge is 2.24. The third-order valence-corrected chi connectivity index (χ3v) is 6.08. The third kappa shape index (κ3) is 4.38. The second-order valence-corrected chi connectivity index (χ2v) is 8.45. The Kier molecular flexibility index (Phi) is 5.64. The van der Waals surface area contributed by atoms with E-state index >= 15 is 0 Å². The number of pyridine rings is 1. The molecule has 0 radical (unpaired) electrons. The second-order valence-electron chi connectivity index (χ2n) is 8.01. The molecule has 0 N–H and O–H groups in total. The maximum Gasteiger partial charge on any atom is 0.274 e. The largest absolute Gasteiger partial charge is 0.335 e. The number of amides is 1. The fourth-order valence-corrected chi connectivity index (χ4v) is 4.15. The molecule has 3 heterocycles. The maximum absolute atomic E-state index is 13.1. The van der Waals surface area contributed by atoms with E-state index in [1.165, 1.54) is 12.1 Å². The molecule has 162 valence electrons. The Morgan fingerprint density at radius 3 is 2.28 bits per heavy atom. The van der Waals surface area contributed by atoms with Crippen LogP contribution in [0, 0.1) is 5.82 Å². The minimum absolute atomic E-state index is 0.0526. The predicted octanol–water partition coefficient (Wildman–Crippen LogP) is 4.75. The molecule has 4 aromatic rings. The molecule has 0 saturated carbocycles. The first kappa shape index (κ1) is 20.7. The smallest absolute Gasteiger partial charge is 0.274 e. The number of benzene rings is 2. The van der Waals surface area contributed by atoms with Crippen LogP contribution in [0.3, 0.4) is 0 Å². The van der Waals surface area contributed by atoms with Crippen molar-refractivity contribution < 1.29 is 9.18 Å². The van der Waals surface area contributed by atoms with Crippen molar-refractivity contribution in [3.05, 3.63) is 95.2 Å². The van der Waals surface area contributed by atoms with Gasteiger partial charge in [0.2, 0.25) is 0 Å². The summed E-state index contributed by atoms with van der Waals surface area (Å²) in [6.45, 7) is 3.59. The van der Waals surface area contributed by atoms with Crippen LogP contribution in [0.25, 0.3) is 16.8 Å². The highest BCUT2D eigenvalue weighted by molar-refractivity contribution is 6.30. The zero-order valence-corrected chi connectivity index (χ0v) is 18.2. The summed E-state index contributed by atoms with van der Waals surface area (Å²) in [4.78, 5) is 21.7. The SMILES string of the molecule is O=C(c1cn2cc(-c3ccc(Cl)cc3)ccc2n1)N1CCN(Cc2ccc(F)cc2)CC1. The van der Waals surface area contributed by atoms with Crippen molar-refractivity contribution in [2.75, 3.05) is 26.2 Å². The Labute approximate surface area is 190 Å². The van der Waals surface area contributed by atoms with Crippen molar-refractivity contribution >= 4 is 23.2 Å². The number of rotatable bonds is 4. The normalized spacial score (nSPS) is 14.8. The van der Waals surface area contributed by atoms with Gasteiger partial charge in [0.25, 0.3) is 5.91 Å². The van der Waals surface area contributed by atoms with E-state index in [-0.39, 0.29) is 11.7 Å². The van der Waals surface area contributed by atoms with Crippen LogP contribution in [-0.4, -0.2) is 51.3 Å². The molecule has 2 aromatic carbocycles. The molecule has 1 aliphatic rings. The van der Waals surface area contributed by atoms with Gasteiger partial charge >= 0.3 is 0 Å². The highest BCUT2D eigenvalue weighted by atomic mass is 35.5. The molecule has 5 rings (SSSR count). The van der Waals surface area contributed by atoms with Crippen LogP contribution in [0.1, 0.15) is 16.1 Å². The Morgan fingerprint density at radius 1 is 0.875 bits per heavy atom. The van der Waals surface area contributed by atoms with E-state index in [0.29, 0.717) is 23.8 Å². The van der Waals surface area contributed by atoms with E-state index in [9.17, 15) is 9.18 Å². The zero-order chi connectivity index (χ0) is 22.1. The van der Waals surface area contributed by atoms with Gasteiger partial charge in [-0.2, -0.15) is 0 Å². The van der Waals surface area contributed by atoms with E-state index in [1.54, 1.807) is 6.20 Å². The summed E-state index contributed by atoms with van der Waals surface area (Å²) in [6.07, 6.45) is 3.77. The molecular formula is C25H22ClFN4O. The quantitative estimate of drug-likeness (QED) is 0.452. The third-order valence-electron chi connectivity index (χ3n) is 5.83. The molecule has 2 aromatic heterocycles.